The number of hydrogen-bond donors (Lipinski definition) is 3. The molecule has 2 atom stereocenters. The highest BCUT2D eigenvalue weighted by Gasteiger charge is 2.33. The van der Waals surface area contributed by atoms with Gasteiger partial charge in [-0.15, -0.1) is 0 Å². The van der Waals surface area contributed by atoms with Crippen molar-refractivity contribution in [1.29, 1.82) is 0 Å². The second-order valence-corrected chi connectivity index (χ2v) is 20.8. The van der Waals surface area contributed by atoms with Crippen molar-refractivity contribution < 1.29 is 29.6 Å². The first kappa shape index (κ1) is 55.2. The molecule has 0 fully saturated rings. The van der Waals surface area contributed by atoms with Gasteiger partial charge in [0.05, 0.1) is 25.4 Å². The normalized spacial score (nSPS) is 13.2. The maximum atomic E-state index is 11.5. The van der Waals surface area contributed by atoms with Crippen molar-refractivity contribution in [3.8, 4) is 11.5 Å². The molecule has 6 heteroatoms. The zero-order chi connectivity index (χ0) is 48.8. The third-order valence-corrected chi connectivity index (χ3v) is 14.4. The number of carbonyl (C=O) groups is 1. The third-order valence-electron chi connectivity index (χ3n) is 14.4. The third kappa shape index (κ3) is 14.7. The van der Waals surface area contributed by atoms with E-state index in [0.717, 1.165) is 81.1 Å². The quantitative estimate of drug-likeness (QED) is 0.0570. The van der Waals surface area contributed by atoms with E-state index in [0.29, 0.717) is 25.4 Å². The molecule has 6 nitrogen and oxygen atoms in total. The molecule has 0 amide bonds. The fourth-order valence-corrected chi connectivity index (χ4v) is 9.31. The van der Waals surface area contributed by atoms with Gasteiger partial charge in [-0.1, -0.05) is 130 Å². The summed E-state index contributed by atoms with van der Waals surface area (Å²) < 4.78 is 11.0. The molecule has 2 unspecified atom stereocenters. The molecule has 0 aliphatic carbocycles. The Morgan fingerprint density at radius 2 is 0.954 bits per heavy atom. The smallest absolute Gasteiger partial charge is 0.305 e. The molecular formula is C59H88O6. The van der Waals surface area contributed by atoms with Crippen LogP contribution in [0.4, 0.5) is 0 Å². The number of phenols is 1. The summed E-state index contributed by atoms with van der Waals surface area (Å²) >= 11 is 0. The predicted molar refractivity (Wildman–Crippen MR) is 273 cm³/mol. The number of aromatic hydroxyl groups is 1. The average Bonchev–Trinajstić information content (AvgIpc) is 3.25. The Labute approximate surface area is 395 Å². The van der Waals surface area contributed by atoms with Gasteiger partial charge in [-0.25, -0.2) is 0 Å². The number of aliphatic hydroxyl groups is 2. The van der Waals surface area contributed by atoms with Crippen molar-refractivity contribution in [3.63, 3.8) is 0 Å². The van der Waals surface area contributed by atoms with Gasteiger partial charge < -0.3 is 24.8 Å². The minimum Gasteiger partial charge on any atom is -0.508 e. The Balaban J connectivity index is 0.000000359. The van der Waals surface area contributed by atoms with E-state index in [1.54, 1.807) is 0 Å². The molecule has 360 valence electrons. The number of rotatable bonds is 21. The van der Waals surface area contributed by atoms with Gasteiger partial charge in [0.2, 0.25) is 0 Å². The highest BCUT2D eigenvalue weighted by atomic mass is 16.5. The second kappa shape index (κ2) is 24.6. The van der Waals surface area contributed by atoms with E-state index in [-0.39, 0.29) is 39.8 Å². The van der Waals surface area contributed by atoms with E-state index < -0.39 is 0 Å². The van der Waals surface area contributed by atoms with E-state index in [4.69, 9.17) is 9.47 Å². The molecule has 0 aliphatic heterocycles. The molecule has 4 aromatic carbocycles. The number of benzene rings is 4. The van der Waals surface area contributed by atoms with Gasteiger partial charge in [0, 0.05) is 17.3 Å². The van der Waals surface area contributed by atoms with Gasteiger partial charge in [0.1, 0.15) is 11.5 Å². The van der Waals surface area contributed by atoms with Gasteiger partial charge >= 0.3 is 5.97 Å². The first-order valence-corrected chi connectivity index (χ1v) is 24.8. The summed E-state index contributed by atoms with van der Waals surface area (Å²) in [5.41, 5.74) is 12.3. The number of unbranched alkanes of at least 4 members (excludes halogenated alkanes) is 1. The summed E-state index contributed by atoms with van der Waals surface area (Å²) in [5, 5.41) is 30.8. The van der Waals surface area contributed by atoms with Crippen molar-refractivity contribution in [2.75, 3.05) is 13.2 Å². The van der Waals surface area contributed by atoms with Crippen molar-refractivity contribution >= 4 is 5.97 Å². The predicted octanol–water partition coefficient (Wildman–Crippen LogP) is 14.3. The number of phenolic OH excluding ortho intramolecular Hbond substituents is 1. The Bertz CT molecular complexity index is 2090. The molecule has 0 saturated carbocycles. The molecule has 4 aromatic rings. The molecule has 0 aromatic heterocycles. The molecule has 0 saturated heterocycles. The molecule has 65 heavy (non-hydrogen) atoms. The number of hydrogen-bond acceptors (Lipinski definition) is 6. The SMILES string of the molecule is CCC(CC)(c1ccc(O)c(C)c1)c1ccc(CCC(O)C(C)(C)C)c(C)c1.CCOC(=O)CCCCOc1ccc(C(CC)(CC)c2ccc(CCC(O)C(C)(C)C)c(C)c2)cc1C. The van der Waals surface area contributed by atoms with Crippen molar-refractivity contribution in [2.24, 2.45) is 10.8 Å². The molecule has 4 rings (SSSR count). The standard InChI is InChI=1S/C33H50O4.C26H38O2/c1-9-33(10-2,27-17-15-26(24(4)22-27)16-20-30(34)32(6,7)8)28-18-19-29(25(5)23-28)37-21-13-12-14-31(35)36-11-3;1-8-26(9-2,22-13-14-23(27)19(4)17-22)21-12-10-20(18(3)16-21)11-15-24(28)25(5,6)7/h15,17-19,22-23,30,34H,9-14,16,20-21H2,1-8H3;10,12-14,16-17,24,27-28H,8-9,11,15H2,1-7H3. The highest BCUT2D eigenvalue weighted by Crippen LogP contribution is 2.43. The lowest BCUT2D eigenvalue weighted by atomic mass is 9.69. The van der Waals surface area contributed by atoms with Gasteiger partial charge in [0.25, 0.3) is 0 Å². The lowest BCUT2D eigenvalue weighted by Gasteiger charge is -2.34. The Hall–Kier alpha value is -4.13. The number of aliphatic hydroxyl groups excluding tert-OH is 2. The van der Waals surface area contributed by atoms with E-state index in [1.807, 2.05) is 19.9 Å². The summed E-state index contributed by atoms with van der Waals surface area (Å²) in [6.45, 7) is 32.9. The van der Waals surface area contributed by atoms with Gasteiger partial charge in [-0.2, -0.15) is 0 Å². The summed E-state index contributed by atoms with van der Waals surface area (Å²) in [5.74, 6) is 1.13. The van der Waals surface area contributed by atoms with Gasteiger partial charge in [-0.3, -0.25) is 4.79 Å². The number of carbonyl (C=O) groups excluding carboxylic acids is 1. The fourth-order valence-electron chi connectivity index (χ4n) is 9.31. The van der Waals surface area contributed by atoms with Gasteiger partial charge in [-0.05, 0) is 177 Å². The first-order valence-electron chi connectivity index (χ1n) is 24.8. The molecule has 0 aliphatic rings. The van der Waals surface area contributed by atoms with Crippen molar-refractivity contribution in [1.82, 2.24) is 0 Å². The van der Waals surface area contributed by atoms with Crippen LogP contribution in [-0.4, -0.2) is 46.7 Å². The molecule has 3 N–H and O–H groups in total. The maximum absolute atomic E-state index is 11.5. The Morgan fingerprint density at radius 1 is 0.554 bits per heavy atom. The zero-order valence-corrected chi connectivity index (χ0v) is 43.3. The molecule has 0 bridgehead atoms. The number of aryl methyl sites for hydroxylation is 6. The largest absolute Gasteiger partial charge is 0.508 e. The molecule has 0 radical (unpaired) electrons. The van der Waals surface area contributed by atoms with Crippen LogP contribution in [0.1, 0.15) is 190 Å². The van der Waals surface area contributed by atoms with Crippen LogP contribution in [0.25, 0.3) is 0 Å². The molecular weight excluding hydrogens is 805 g/mol. The maximum Gasteiger partial charge on any atom is 0.305 e. The minimum atomic E-state index is -0.307. The van der Waals surface area contributed by atoms with Gasteiger partial charge in [0.15, 0.2) is 0 Å². The summed E-state index contributed by atoms with van der Waals surface area (Å²) in [7, 11) is 0. The van der Waals surface area contributed by atoms with Crippen LogP contribution in [0.2, 0.25) is 0 Å². The monoisotopic (exact) mass is 893 g/mol. The second-order valence-electron chi connectivity index (χ2n) is 20.8. The lowest BCUT2D eigenvalue weighted by Crippen LogP contribution is -2.27. The number of esters is 1. The van der Waals surface area contributed by atoms with Crippen LogP contribution < -0.4 is 4.74 Å². The van der Waals surface area contributed by atoms with Crippen LogP contribution in [0.15, 0.2) is 72.8 Å². The van der Waals surface area contributed by atoms with E-state index >= 15 is 0 Å². The van der Waals surface area contributed by atoms with E-state index in [1.165, 1.54) is 44.5 Å². The summed E-state index contributed by atoms with van der Waals surface area (Å²) in [6.07, 6.45) is 8.83. The first-order chi connectivity index (χ1) is 30.5. The van der Waals surface area contributed by atoms with Crippen LogP contribution in [-0.2, 0) is 33.2 Å². The molecule has 0 spiro atoms. The van der Waals surface area contributed by atoms with Crippen molar-refractivity contribution in [3.05, 3.63) is 128 Å². The lowest BCUT2D eigenvalue weighted by molar-refractivity contribution is -0.143. The summed E-state index contributed by atoms with van der Waals surface area (Å²) in [6, 6.07) is 26.4. The van der Waals surface area contributed by atoms with E-state index in [2.05, 4.69) is 157 Å². The van der Waals surface area contributed by atoms with Crippen LogP contribution in [0, 0.1) is 38.5 Å². The topological polar surface area (TPSA) is 96.2 Å². The minimum absolute atomic E-state index is 0.0489. The summed E-state index contributed by atoms with van der Waals surface area (Å²) in [4.78, 5) is 11.5. The zero-order valence-electron chi connectivity index (χ0n) is 43.3. The van der Waals surface area contributed by atoms with E-state index in [9.17, 15) is 20.1 Å². The highest BCUT2D eigenvalue weighted by molar-refractivity contribution is 5.69. The van der Waals surface area contributed by atoms with Crippen LogP contribution >= 0.6 is 0 Å². The molecule has 0 heterocycles. The number of ether oxygens (including phenoxy) is 2. The average molecular weight is 893 g/mol. The fraction of sp³-hybridized carbons (Fsp3) is 0.576. The Kier molecular flexibility index (Phi) is 20.9. The van der Waals surface area contributed by atoms with Crippen molar-refractivity contribution in [2.45, 2.75) is 198 Å². The van der Waals surface area contributed by atoms with Crippen LogP contribution in [0.5, 0.6) is 11.5 Å². The van der Waals surface area contributed by atoms with Crippen LogP contribution in [0.3, 0.4) is 0 Å². The Morgan fingerprint density at radius 3 is 1.32 bits per heavy atom.